The molecule has 0 bridgehead atoms. The first-order chi connectivity index (χ1) is 8.65. The summed E-state index contributed by atoms with van der Waals surface area (Å²) in [6.07, 6.45) is -4.17. The van der Waals surface area contributed by atoms with Crippen molar-refractivity contribution < 1.29 is 21.6 Å². The number of alkyl halides is 3. The SMILES string of the molecule is CC1CCC(CN)CN1S(=O)(=O)CCCC(F)(F)F. The average Bonchev–Trinajstić information content (AvgIpc) is 2.27. The van der Waals surface area contributed by atoms with Crippen molar-refractivity contribution >= 4 is 10.0 Å². The molecule has 1 aliphatic rings. The van der Waals surface area contributed by atoms with Crippen LogP contribution in [0.4, 0.5) is 13.2 Å². The molecule has 2 atom stereocenters. The van der Waals surface area contributed by atoms with E-state index in [1.165, 1.54) is 4.31 Å². The monoisotopic (exact) mass is 302 g/mol. The van der Waals surface area contributed by atoms with Crippen LogP contribution in [0.2, 0.25) is 0 Å². The number of nitrogens with zero attached hydrogens (tertiary/aromatic N) is 1. The molecule has 0 aromatic carbocycles. The van der Waals surface area contributed by atoms with Gasteiger partial charge in [-0.3, -0.25) is 0 Å². The van der Waals surface area contributed by atoms with Crippen molar-refractivity contribution in [3.05, 3.63) is 0 Å². The molecule has 2 N–H and O–H groups in total. The van der Waals surface area contributed by atoms with Gasteiger partial charge in [0.15, 0.2) is 0 Å². The maximum Gasteiger partial charge on any atom is 0.389 e. The lowest BCUT2D eigenvalue weighted by molar-refractivity contribution is -0.134. The van der Waals surface area contributed by atoms with E-state index in [9.17, 15) is 21.6 Å². The third-order valence-corrected chi connectivity index (χ3v) is 5.50. The molecule has 19 heavy (non-hydrogen) atoms. The summed E-state index contributed by atoms with van der Waals surface area (Å²) < 4.78 is 61.6. The Hall–Kier alpha value is -0.340. The third kappa shape index (κ3) is 5.27. The van der Waals surface area contributed by atoms with Crippen molar-refractivity contribution in [1.82, 2.24) is 4.31 Å². The lowest BCUT2D eigenvalue weighted by atomic mass is 9.96. The predicted molar refractivity (Wildman–Crippen MR) is 67.0 cm³/mol. The summed E-state index contributed by atoms with van der Waals surface area (Å²) in [6, 6.07) is -0.154. The van der Waals surface area contributed by atoms with E-state index in [1.807, 2.05) is 0 Å². The van der Waals surface area contributed by atoms with E-state index in [0.29, 0.717) is 19.5 Å². The Bertz CT molecular complexity index is 384. The molecule has 0 aromatic rings. The lowest BCUT2D eigenvalue weighted by Gasteiger charge is -2.36. The molecule has 4 nitrogen and oxygen atoms in total. The van der Waals surface area contributed by atoms with Crippen LogP contribution in [-0.2, 0) is 10.0 Å². The van der Waals surface area contributed by atoms with Gasteiger partial charge in [-0.05, 0) is 38.6 Å². The van der Waals surface area contributed by atoms with E-state index in [-0.39, 0.29) is 18.4 Å². The average molecular weight is 302 g/mol. The van der Waals surface area contributed by atoms with Crippen LogP contribution in [0.15, 0.2) is 0 Å². The Kier molecular flexibility index (Phi) is 5.64. The van der Waals surface area contributed by atoms with E-state index in [0.717, 1.165) is 6.42 Å². The minimum absolute atomic E-state index is 0.105. The number of hydrogen-bond donors (Lipinski definition) is 1. The summed E-state index contributed by atoms with van der Waals surface area (Å²) in [4.78, 5) is 0. The fourth-order valence-corrected chi connectivity index (χ4v) is 4.13. The van der Waals surface area contributed by atoms with Crippen molar-refractivity contribution in [2.24, 2.45) is 11.7 Å². The van der Waals surface area contributed by atoms with E-state index in [4.69, 9.17) is 5.73 Å². The number of halogens is 3. The van der Waals surface area contributed by atoms with Crippen molar-refractivity contribution in [2.75, 3.05) is 18.8 Å². The van der Waals surface area contributed by atoms with E-state index >= 15 is 0 Å². The zero-order valence-corrected chi connectivity index (χ0v) is 11.8. The molecule has 1 rings (SSSR count). The van der Waals surface area contributed by atoms with Crippen LogP contribution in [0.1, 0.15) is 32.6 Å². The largest absolute Gasteiger partial charge is 0.389 e. The van der Waals surface area contributed by atoms with Crippen LogP contribution in [0.3, 0.4) is 0 Å². The summed E-state index contributed by atoms with van der Waals surface area (Å²) in [7, 11) is -3.62. The van der Waals surface area contributed by atoms with Crippen LogP contribution in [0.5, 0.6) is 0 Å². The first-order valence-corrected chi connectivity index (χ1v) is 8.03. The molecule has 0 saturated carbocycles. The van der Waals surface area contributed by atoms with Crippen LogP contribution in [0, 0.1) is 5.92 Å². The van der Waals surface area contributed by atoms with Crippen LogP contribution < -0.4 is 5.73 Å². The Morgan fingerprint density at radius 2 is 1.95 bits per heavy atom. The number of sulfonamides is 1. The second-order valence-corrected chi connectivity index (χ2v) is 7.17. The fourth-order valence-electron chi connectivity index (χ4n) is 2.30. The van der Waals surface area contributed by atoms with Crippen molar-refractivity contribution in [2.45, 2.75) is 44.8 Å². The first kappa shape index (κ1) is 16.7. The Morgan fingerprint density at radius 1 is 1.32 bits per heavy atom. The summed E-state index contributed by atoms with van der Waals surface area (Å²) in [5.74, 6) is -0.345. The van der Waals surface area contributed by atoms with Gasteiger partial charge < -0.3 is 5.73 Å². The lowest BCUT2D eigenvalue weighted by Crippen LogP contribution is -2.47. The molecule has 0 amide bonds. The Labute approximate surface area is 112 Å². The van der Waals surface area contributed by atoms with E-state index in [1.54, 1.807) is 6.92 Å². The van der Waals surface area contributed by atoms with Gasteiger partial charge in [-0.25, -0.2) is 8.42 Å². The van der Waals surface area contributed by atoms with Gasteiger partial charge in [-0.1, -0.05) is 0 Å². The normalized spacial score (nSPS) is 26.6. The maximum atomic E-state index is 12.1. The highest BCUT2D eigenvalue weighted by Crippen LogP contribution is 2.26. The zero-order valence-electron chi connectivity index (χ0n) is 11.0. The first-order valence-electron chi connectivity index (χ1n) is 6.42. The van der Waals surface area contributed by atoms with Gasteiger partial charge in [0.2, 0.25) is 10.0 Å². The molecule has 0 radical (unpaired) electrons. The van der Waals surface area contributed by atoms with Gasteiger partial charge >= 0.3 is 6.18 Å². The number of piperidine rings is 1. The minimum Gasteiger partial charge on any atom is -0.330 e. The molecule has 0 aromatic heterocycles. The van der Waals surface area contributed by atoms with Crippen molar-refractivity contribution in [3.63, 3.8) is 0 Å². The van der Waals surface area contributed by atoms with Crippen molar-refractivity contribution in [3.8, 4) is 0 Å². The van der Waals surface area contributed by atoms with Crippen molar-refractivity contribution in [1.29, 1.82) is 0 Å². The second-order valence-electron chi connectivity index (χ2n) is 5.13. The second kappa shape index (κ2) is 6.41. The number of nitrogens with two attached hydrogens (primary N) is 1. The molecule has 1 heterocycles. The van der Waals surface area contributed by atoms with Gasteiger partial charge in [0.25, 0.3) is 0 Å². The molecule has 1 saturated heterocycles. The summed E-state index contributed by atoms with van der Waals surface area (Å²) in [6.45, 7) is 2.52. The van der Waals surface area contributed by atoms with E-state index < -0.39 is 28.4 Å². The van der Waals surface area contributed by atoms with Crippen LogP contribution in [0.25, 0.3) is 0 Å². The summed E-state index contributed by atoms with van der Waals surface area (Å²) >= 11 is 0. The molecule has 8 heteroatoms. The van der Waals surface area contributed by atoms with Gasteiger partial charge in [-0.2, -0.15) is 17.5 Å². The van der Waals surface area contributed by atoms with Gasteiger partial charge in [0, 0.05) is 19.0 Å². The predicted octanol–water partition coefficient (Wildman–Crippen LogP) is 1.72. The quantitative estimate of drug-likeness (QED) is 0.841. The minimum atomic E-state index is -4.30. The zero-order chi connectivity index (χ0) is 14.7. The Balaban J connectivity index is 2.59. The number of hydrogen-bond acceptors (Lipinski definition) is 3. The molecule has 1 aliphatic heterocycles. The third-order valence-electron chi connectivity index (χ3n) is 3.48. The smallest absolute Gasteiger partial charge is 0.330 e. The molecular formula is C11H21F3N2O2S. The summed E-state index contributed by atoms with van der Waals surface area (Å²) in [5.41, 5.74) is 5.54. The molecule has 114 valence electrons. The van der Waals surface area contributed by atoms with Gasteiger partial charge in [0.1, 0.15) is 0 Å². The van der Waals surface area contributed by atoms with Gasteiger partial charge in [-0.15, -0.1) is 0 Å². The molecule has 1 fully saturated rings. The van der Waals surface area contributed by atoms with Crippen LogP contribution >= 0.6 is 0 Å². The standard InChI is InChI=1S/C11H21F3N2O2S/c1-9-3-4-10(7-15)8-16(9)19(17,18)6-2-5-11(12,13)14/h9-10H,2-8,15H2,1H3. The summed E-state index contributed by atoms with van der Waals surface area (Å²) in [5, 5.41) is 0. The fraction of sp³-hybridized carbons (Fsp3) is 1.00. The highest BCUT2D eigenvalue weighted by atomic mass is 32.2. The number of rotatable bonds is 5. The maximum absolute atomic E-state index is 12.1. The molecular weight excluding hydrogens is 281 g/mol. The topological polar surface area (TPSA) is 63.4 Å². The van der Waals surface area contributed by atoms with E-state index in [2.05, 4.69) is 0 Å². The molecule has 0 spiro atoms. The van der Waals surface area contributed by atoms with Gasteiger partial charge in [0.05, 0.1) is 5.75 Å². The van der Waals surface area contributed by atoms with Crippen LogP contribution in [-0.4, -0.2) is 43.8 Å². The molecule has 2 unspecified atom stereocenters. The Morgan fingerprint density at radius 3 is 2.47 bits per heavy atom. The highest BCUT2D eigenvalue weighted by molar-refractivity contribution is 7.89. The molecule has 0 aliphatic carbocycles. The highest BCUT2D eigenvalue weighted by Gasteiger charge is 2.34.